The van der Waals surface area contributed by atoms with Crippen LogP contribution in [-0.2, 0) is 0 Å². The molecule has 2 amide bonds. The van der Waals surface area contributed by atoms with Gasteiger partial charge in [-0.25, -0.2) is 9.86 Å². The van der Waals surface area contributed by atoms with E-state index in [0.717, 1.165) is 29.2 Å². The third-order valence-corrected chi connectivity index (χ3v) is 4.18. The summed E-state index contributed by atoms with van der Waals surface area (Å²) in [6.07, 6.45) is 4.92. The molecular weight excluding hydrogens is 272 g/mol. The van der Waals surface area contributed by atoms with Gasteiger partial charge in [-0.3, -0.25) is 10.2 Å². The van der Waals surface area contributed by atoms with E-state index in [1.165, 1.54) is 0 Å². The van der Waals surface area contributed by atoms with Crippen molar-refractivity contribution in [2.75, 3.05) is 6.54 Å². The quantitative estimate of drug-likeness (QED) is 0.854. The minimum atomic E-state index is -0.351. The number of amides is 2. The van der Waals surface area contributed by atoms with Crippen LogP contribution in [0.25, 0.3) is 11.3 Å². The highest BCUT2D eigenvalue weighted by Gasteiger charge is 2.45. The maximum atomic E-state index is 12.0. The monoisotopic (exact) mass is 286 g/mol. The van der Waals surface area contributed by atoms with E-state index in [1.54, 1.807) is 17.3 Å². The van der Waals surface area contributed by atoms with Crippen LogP contribution in [0.2, 0.25) is 0 Å². The second kappa shape index (κ2) is 4.56. The molecule has 1 N–H and O–H groups in total. The van der Waals surface area contributed by atoms with E-state index in [4.69, 9.17) is 4.52 Å². The summed E-state index contributed by atoms with van der Waals surface area (Å²) < 4.78 is 5.38. The van der Waals surface area contributed by atoms with Gasteiger partial charge < -0.3 is 9.42 Å². The fourth-order valence-corrected chi connectivity index (χ4v) is 3.06. The number of piperidine rings is 1. The molecule has 108 valence electrons. The molecule has 21 heavy (non-hydrogen) atoms. The Morgan fingerprint density at radius 3 is 2.90 bits per heavy atom. The minimum Gasteiger partial charge on any atom is -0.356 e. The first-order valence-corrected chi connectivity index (χ1v) is 6.90. The number of pyridine rings is 1. The molecule has 7 heteroatoms. The smallest absolute Gasteiger partial charge is 0.344 e. The molecule has 0 spiro atoms. The highest BCUT2D eigenvalue weighted by Crippen LogP contribution is 2.38. The van der Waals surface area contributed by atoms with Crippen molar-refractivity contribution in [2.24, 2.45) is 0 Å². The zero-order chi connectivity index (χ0) is 14.4. The van der Waals surface area contributed by atoms with E-state index in [0.29, 0.717) is 12.3 Å². The topological polar surface area (TPSA) is 82.7 Å². The normalized spacial score (nSPS) is 24.7. The fraction of sp³-hybridized carbons (Fsp3) is 0.357. The Balaban J connectivity index is 1.63. The van der Waals surface area contributed by atoms with Gasteiger partial charge in [-0.1, -0.05) is 5.16 Å². The van der Waals surface area contributed by atoms with Gasteiger partial charge in [0.05, 0.1) is 12.1 Å². The number of urea groups is 1. The lowest BCUT2D eigenvalue weighted by Gasteiger charge is -2.28. The average Bonchev–Trinajstić information content (AvgIpc) is 3.10. The number of hydrogen-bond acceptors (Lipinski definition) is 5. The van der Waals surface area contributed by atoms with Crippen LogP contribution in [0.3, 0.4) is 0 Å². The van der Waals surface area contributed by atoms with Crippen LogP contribution >= 0.6 is 0 Å². The number of hydrogen-bond donors (Lipinski definition) is 1. The van der Waals surface area contributed by atoms with E-state index in [9.17, 15) is 10.0 Å². The lowest BCUT2D eigenvalue weighted by atomic mass is 9.98. The summed E-state index contributed by atoms with van der Waals surface area (Å²) in [4.78, 5) is 17.6. The standard InChI is InChI=1S/C14H14N4O3/c19-14-17-8-10(18(14)20)1-2-12(17)11-7-13(21-16-11)9-3-5-15-6-4-9/h3-7,10,12,20H,1-2,8H2/t10-,12+/m1/s1. The third kappa shape index (κ3) is 1.89. The number of hydroxylamine groups is 2. The Kier molecular flexibility index (Phi) is 2.68. The van der Waals surface area contributed by atoms with E-state index in [-0.39, 0.29) is 18.1 Å². The van der Waals surface area contributed by atoms with Crippen molar-refractivity contribution in [3.63, 3.8) is 0 Å². The predicted octanol–water partition coefficient (Wildman–Crippen LogP) is 2.07. The largest absolute Gasteiger partial charge is 0.356 e. The van der Waals surface area contributed by atoms with E-state index in [2.05, 4.69) is 10.1 Å². The van der Waals surface area contributed by atoms with Crippen molar-refractivity contribution >= 4 is 6.03 Å². The number of nitrogens with zero attached hydrogens (tertiary/aromatic N) is 4. The molecule has 4 rings (SSSR count). The first-order chi connectivity index (χ1) is 10.2. The zero-order valence-electron chi connectivity index (χ0n) is 11.2. The zero-order valence-corrected chi connectivity index (χ0v) is 11.2. The molecular formula is C14H14N4O3. The molecule has 7 nitrogen and oxygen atoms in total. The average molecular weight is 286 g/mol. The SMILES string of the molecule is O=C1N(O)[C@@H]2CC[C@@H](c3cc(-c4ccncc4)on3)N1C2. The number of rotatable bonds is 2. The van der Waals surface area contributed by atoms with Gasteiger partial charge in [-0.15, -0.1) is 0 Å². The molecule has 2 fully saturated rings. The van der Waals surface area contributed by atoms with Crippen LogP contribution < -0.4 is 0 Å². The van der Waals surface area contributed by atoms with Gasteiger partial charge in [-0.05, 0) is 25.0 Å². The molecule has 0 aliphatic carbocycles. The molecule has 0 radical (unpaired) electrons. The van der Waals surface area contributed by atoms with Crippen molar-refractivity contribution in [1.82, 2.24) is 20.1 Å². The van der Waals surface area contributed by atoms with Crippen molar-refractivity contribution < 1.29 is 14.5 Å². The molecule has 2 aliphatic rings. The highest BCUT2D eigenvalue weighted by molar-refractivity contribution is 5.77. The Morgan fingerprint density at radius 2 is 2.10 bits per heavy atom. The number of carbonyl (C=O) groups excluding carboxylic acids is 1. The minimum absolute atomic E-state index is 0.0969. The van der Waals surface area contributed by atoms with Gasteiger partial charge in [-0.2, -0.15) is 0 Å². The molecule has 0 saturated carbocycles. The van der Waals surface area contributed by atoms with Gasteiger partial charge in [0.2, 0.25) is 0 Å². The predicted molar refractivity (Wildman–Crippen MR) is 71.2 cm³/mol. The second-order valence-corrected chi connectivity index (χ2v) is 5.38. The molecule has 4 heterocycles. The lowest BCUT2D eigenvalue weighted by molar-refractivity contribution is -0.0584. The highest BCUT2D eigenvalue weighted by atomic mass is 16.5. The Morgan fingerprint density at radius 1 is 1.29 bits per heavy atom. The van der Waals surface area contributed by atoms with Gasteiger partial charge in [0, 0.05) is 30.6 Å². The summed E-state index contributed by atoms with van der Waals surface area (Å²) in [6.45, 7) is 0.539. The van der Waals surface area contributed by atoms with Crippen molar-refractivity contribution in [3.8, 4) is 11.3 Å². The molecule has 0 aromatic carbocycles. The van der Waals surface area contributed by atoms with Gasteiger partial charge in [0.15, 0.2) is 5.76 Å². The molecule has 2 aromatic heterocycles. The van der Waals surface area contributed by atoms with Crippen LogP contribution in [-0.4, -0.2) is 43.9 Å². The maximum Gasteiger partial charge on any atom is 0.344 e. The Hall–Kier alpha value is -2.41. The molecule has 0 unspecified atom stereocenters. The van der Waals surface area contributed by atoms with Crippen LogP contribution in [0.4, 0.5) is 4.79 Å². The number of carbonyl (C=O) groups is 1. The first-order valence-electron chi connectivity index (χ1n) is 6.90. The summed E-state index contributed by atoms with van der Waals surface area (Å²) in [5.41, 5.74) is 1.62. The summed E-state index contributed by atoms with van der Waals surface area (Å²) in [7, 11) is 0. The Labute approximate surface area is 120 Å². The second-order valence-electron chi connectivity index (χ2n) is 5.38. The molecule has 2 aromatic rings. The fourth-order valence-electron chi connectivity index (χ4n) is 3.06. The molecule has 2 atom stereocenters. The van der Waals surface area contributed by atoms with Gasteiger partial charge in [0.25, 0.3) is 0 Å². The third-order valence-electron chi connectivity index (χ3n) is 4.18. The van der Waals surface area contributed by atoms with Crippen LogP contribution in [0.15, 0.2) is 35.1 Å². The molecule has 2 aliphatic heterocycles. The first kappa shape index (κ1) is 12.3. The molecule has 2 saturated heterocycles. The van der Waals surface area contributed by atoms with Crippen LogP contribution in [0, 0.1) is 0 Å². The van der Waals surface area contributed by atoms with Gasteiger partial charge >= 0.3 is 6.03 Å². The van der Waals surface area contributed by atoms with Crippen molar-refractivity contribution in [3.05, 3.63) is 36.3 Å². The Bertz CT molecular complexity index is 672. The molecule has 2 bridgehead atoms. The van der Waals surface area contributed by atoms with Crippen LogP contribution in [0.5, 0.6) is 0 Å². The summed E-state index contributed by atoms with van der Waals surface area (Å²) >= 11 is 0. The van der Waals surface area contributed by atoms with Crippen molar-refractivity contribution in [1.29, 1.82) is 0 Å². The maximum absolute atomic E-state index is 12.0. The summed E-state index contributed by atoms with van der Waals surface area (Å²) in [6, 6.07) is 4.96. The van der Waals surface area contributed by atoms with E-state index < -0.39 is 0 Å². The summed E-state index contributed by atoms with van der Waals surface area (Å²) in [5.74, 6) is 0.655. The number of aromatic nitrogens is 2. The lowest BCUT2D eigenvalue weighted by Crippen LogP contribution is -2.34. The van der Waals surface area contributed by atoms with Crippen LogP contribution in [0.1, 0.15) is 24.6 Å². The number of fused-ring (bicyclic) bond motifs is 2. The van der Waals surface area contributed by atoms with E-state index in [1.807, 2.05) is 18.2 Å². The van der Waals surface area contributed by atoms with Gasteiger partial charge in [0.1, 0.15) is 5.69 Å². The summed E-state index contributed by atoms with van der Waals surface area (Å²) in [5, 5.41) is 14.6. The van der Waals surface area contributed by atoms with E-state index >= 15 is 0 Å². The van der Waals surface area contributed by atoms with Crippen molar-refractivity contribution in [2.45, 2.75) is 24.9 Å².